The summed E-state index contributed by atoms with van der Waals surface area (Å²) in [5.41, 5.74) is 1.41. The van der Waals surface area contributed by atoms with Gasteiger partial charge < -0.3 is 9.80 Å². The minimum absolute atomic E-state index is 0.695. The Morgan fingerprint density at radius 1 is 0.808 bits per heavy atom. The molecule has 1 saturated carbocycles. The van der Waals surface area contributed by atoms with Crippen molar-refractivity contribution >= 4 is 0 Å². The molecule has 2 nitrogen and oxygen atoms in total. The van der Waals surface area contributed by atoms with Crippen LogP contribution in [0.15, 0.2) is 0 Å². The van der Waals surface area contributed by atoms with E-state index >= 15 is 0 Å². The first-order valence-electron chi connectivity index (χ1n) is 12.1. The Morgan fingerprint density at radius 3 is 1.88 bits per heavy atom. The van der Waals surface area contributed by atoms with Crippen molar-refractivity contribution in [3.8, 4) is 0 Å². The molecule has 2 rings (SSSR count). The summed E-state index contributed by atoms with van der Waals surface area (Å²) in [4.78, 5) is 5.35. The van der Waals surface area contributed by atoms with Crippen LogP contribution in [-0.2, 0) is 0 Å². The smallest absolute Gasteiger partial charge is 0.00385 e. The number of hydrogen-bond donors (Lipinski definition) is 0. The minimum atomic E-state index is 0.695. The molecule has 1 heterocycles. The van der Waals surface area contributed by atoms with E-state index in [1.807, 2.05) is 13.8 Å². The molecule has 1 spiro atoms. The highest BCUT2D eigenvalue weighted by Gasteiger charge is 2.44. The number of rotatable bonds is 10. The third-order valence-electron chi connectivity index (χ3n) is 7.29. The van der Waals surface area contributed by atoms with Gasteiger partial charge in [0.05, 0.1) is 0 Å². The van der Waals surface area contributed by atoms with Gasteiger partial charge in [-0.3, -0.25) is 0 Å². The molecule has 0 amide bonds. The molecule has 0 aromatic heterocycles. The normalized spacial score (nSPS) is 21.8. The van der Waals surface area contributed by atoms with Crippen molar-refractivity contribution in [2.75, 3.05) is 39.3 Å². The predicted molar refractivity (Wildman–Crippen MR) is 118 cm³/mol. The van der Waals surface area contributed by atoms with Crippen LogP contribution in [0.3, 0.4) is 0 Å². The maximum absolute atomic E-state index is 2.79. The Morgan fingerprint density at radius 2 is 1.38 bits per heavy atom. The second kappa shape index (κ2) is 12.4. The second-order valence-electron chi connectivity index (χ2n) is 8.91. The Labute approximate surface area is 166 Å². The van der Waals surface area contributed by atoms with E-state index in [1.54, 1.807) is 0 Å². The molecule has 0 unspecified atom stereocenters. The summed E-state index contributed by atoms with van der Waals surface area (Å²) in [5.74, 6) is 0. The fraction of sp³-hybridized carbons (Fsp3) is 1.00. The molecule has 2 aliphatic rings. The molecule has 26 heavy (non-hydrogen) atoms. The van der Waals surface area contributed by atoms with Crippen LogP contribution in [0, 0.1) is 10.8 Å². The van der Waals surface area contributed by atoms with Gasteiger partial charge in [0.2, 0.25) is 0 Å². The average Bonchev–Trinajstić information content (AvgIpc) is 3.07. The molecule has 1 aliphatic carbocycles. The van der Waals surface area contributed by atoms with Gasteiger partial charge in [-0.15, -0.1) is 0 Å². The molecule has 2 fully saturated rings. The zero-order valence-electron chi connectivity index (χ0n) is 19.2. The Hall–Kier alpha value is -0.0800. The van der Waals surface area contributed by atoms with Gasteiger partial charge in [-0.2, -0.15) is 0 Å². The van der Waals surface area contributed by atoms with E-state index in [0.717, 1.165) is 0 Å². The maximum atomic E-state index is 2.79. The summed E-state index contributed by atoms with van der Waals surface area (Å²) in [6.45, 7) is 21.1. The SMILES string of the molecule is CC.CCCC1(CCC)CCC2(CCN(CCCN(CC)CC)C2)CC1. The van der Waals surface area contributed by atoms with Crippen molar-refractivity contribution in [3.05, 3.63) is 0 Å². The van der Waals surface area contributed by atoms with Crippen molar-refractivity contribution in [1.82, 2.24) is 9.80 Å². The molecule has 0 aromatic rings. The van der Waals surface area contributed by atoms with Crippen molar-refractivity contribution in [2.45, 2.75) is 106 Å². The molecule has 156 valence electrons. The second-order valence-corrected chi connectivity index (χ2v) is 8.91. The van der Waals surface area contributed by atoms with E-state index in [2.05, 4.69) is 37.5 Å². The standard InChI is InChI=1S/C22H44N2.C2H6/c1-5-10-21(11-6-2)12-14-22(15-13-21)16-19-24(20-22)18-9-17-23(7-3)8-4;1-2/h5-20H2,1-4H3;1-2H3. The van der Waals surface area contributed by atoms with E-state index in [1.165, 1.54) is 103 Å². The number of likely N-dealkylation sites (tertiary alicyclic amines) is 1. The summed E-state index contributed by atoms with van der Waals surface area (Å²) in [6, 6.07) is 0. The van der Waals surface area contributed by atoms with Gasteiger partial charge in [-0.25, -0.2) is 0 Å². The predicted octanol–water partition coefficient (Wildman–Crippen LogP) is 6.60. The Balaban J connectivity index is 0.00000163. The lowest BCUT2D eigenvalue weighted by molar-refractivity contribution is 0.0644. The first-order valence-corrected chi connectivity index (χ1v) is 12.1. The van der Waals surface area contributed by atoms with Crippen LogP contribution in [0.2, 0.25) is 0 Å². The zero-order chi connectivity index (χ0) is 19.5. The minimum Gasteiger partial charge on any atom is -0.304 e. The van der Waals surface area contributed by atoms with E-state index in [-0.39, 0.29) is 0 Å². The van der Waals surface area contributed by atoms with Crippen LogP contribution in [0.1, 0.15) is 106 Å². The fourth-order valence-corrected chi connectivity index (χ4v) is 5.68. The molecule has 0 radical (unpaired) electrons. The highest BCUT2D eigenvalue weighted by atomic mass is 15.2. The first kappa shape index (κ1) is 24.0. The van der Waals surface area contributed by atoms with E-state index in [0.29, 0.717) is 10.8 Å². The summed E-state index contributed by atoms with van der Waals surface area (Å²) in [5, 5.41) is 0. The molecule has 1 saturated heterocycles. The summed E-state index contributed by atoms with van der Waals surface area (Å²) in [7, 11) is 0. The lowest BCUT2D eigenvalue weighted by Gasteiger charge is -2.45. The average molecular weight is 367 g/mol. The van der Waals surface area contributed by atoms with Crippen LogP contribution in [0.4, 0.5) is 0 Å². The van der Waals surface area contributed by atoms with Crippen molar-refractivity contribution in [1.29, 1.82) is 0 Å². The van der Waals surface area contributed by atoms with Crippen molar-refractivity contribution < 1.29 is 0 Å². The molecule has 0 bridgehead atoms. The van der Waals surface area contributed by atoms with Crippen molar-refractivity contribution in [2.24, 2.45) is 10.8 Å². The van der Waals surface area contributed by atoms with E-state index < -0.39 is 0 Å². The van der Waals surface area contributed by atoms with Crippen molar-refractivity contribution in [3.63, 3.8) is 0 Å². The lowest BCUT2D eigenvalue weighted by atomic mass is 9.60. The molecule has 1 aliphatic heterocycles. The summed E-state index contributed by atoms with van der Waals surface area (Å²) >= 11 is 0. The van der Waals surface area contributed by atoms with Gasteiger partial charge in [-0.1, -0.05) is 54.4 Å². The van der Waals surface area contributed by atoms with Gasteiger partial charge in [0.15, 0.2) is 0 Å². The van der Waals surface area contributed by atoms with Crippen LogP contribution in [0.5, 0.6) is 0 Å². The van der Waals surface area contributed by atoms with Gasteiger partial charge in [0, 0.05) is 6.54 Å². The van der Waals surface area contributed by atoms with E-state index in [4.69, 9.17) is 0 Å². The Bertz CT molecular complexity index is 332. The summed E-state index contributed by atoms with van der Waals surface area (Å²) < 4.78 is 0. The molecular weight excluding hydrogens is 316 g/mol. The van der Waals surface area contributed by atoms with Crippen LogP contribution in [-0.4, -0.2) is 49.1 Å². The van der Waals surface area contributed by atoms with E-state index in [9.17, 15) is 0 Å². The fourth-order valence-electron chi connectivity index (χ4n) is 5.68. The largest absolute Gasteiger partial charge is 0.304 e. The van der Waals surface area contributed by atoms with Crippen LogP contribution < -0.4 is 0 Å². The maximum Gasteiger partial charge on any atom is 0.00385 e. The summed E-state index contributed by atoms with van der Waals surface area (Å²) in [6.07, 6.45) is 14.6. The van der Waals surface area contributed by atoms with Crippen LogP contribution in [0.25, 0.3) is 0 Å². The van der Waals surface area contributed by atoms with Crippen LogP contribution >= 0.6 is 0 Å². The quantitative estimate of drug-likeness (QED) is 0.430. The van der Waals surface area contributed by atoms with Gasteiger partial charge in [0.1, 0.15) is 0 Å². The van der Waals surface area contributed by atoms with Gasteiger partial charge >= 0.3 is 0 Å². The molecule has 2 heteroatoms. The van der Waals surface area contributed by atoms with Gasteiger partial charge in [-0.05, 0) is 94.9 Å². The lowest BCUT2D eigenvalue weighted by Crippen LogP contribution is -2.37. The Kier molecular flexibility index (Phi) is 11.4. The molecule has 0 atom stereocenters. The van der Waals surface area contributed by atoms with Gasteiger partial charge in [0.25, 0.3) is 0 Å². The molecule has 0 aromatic carbocycles. The third kappa shape index (κ3) is 6.82. The first-order chi connectivity index (χ1) is 12.6. The number of nitrogens with zero attached hydrogens (tertiary/aromatic N) is 2. The topological polar surface area (TPSA) is 6.48 Å². The zero-order valence-corrected chi connectivity index (χ0v) is 19.2. The third-order valence-corrected chi connectivity index (χ3v) is 7.29. The highest BCUT2D eigenvalue weighted by Crippen LogP contribution is 2.53. The molecule has 0 N–H and O–H groups in total. The number of hydrogen-bond acceptors (Lipinski definition) is 2. The monoisotopic (exact) mass is 366 g/mol. The molecular formula is C24H50N2. The highest BCUT2D eigenvalue weighted by molar-refractivity contribution is 4.97.